The topological polar surface area (TPSA) is 83.8 Å². The predicted octanol–water partition coefficient (Wildman–Crippen LogP) is 6.13. The van der Waals surface area contributed by atoms with Crippen LogP contribution in [0.5, 0.6) is 0 Å². The molecule has 0 fully saturated rings. The van der Waals surface area contributed by atoms with Crippen molar-refractivity contribution in [3.8, 4) is 5.69 Å². The number of nitrogens with one attached hydrogen (secondary N) is 1. The largest absolute Gasteiger partial charge is 0.318 e. The first-order valence-electron chi connectivity index (χ1n) is 11.6. The highest BCUT2D eigenvalue weighted by atomic mass is 35.5. The van der Waals surface area contributed by atoms with E-state index >= 15 is 0 Å². The van der Waals surface area contributed by atoms with Crippen LogP contribution in [0.15, 0.2) is 84.0 Å². The number of sulfonamides is 1. The van der Waals surface area contributed by atoms with Gasteiger partial charge in [0.05, 0.1) is 40.3 Å². The molecule has 3 aromatic carbocycles. The third-order valence-electron chi connectivity index (χ3n) is 5.99. The molecule has 0 aliphatic carbocycles. The monoisotopic (exact) mass is 568 g/mol. The van der Waals surface area contributed by atoms with Crippen molar-refractivity contribution in [3.63, 3.8) is 0 Å². The van der Waals surface area contributed by atoms with Gasteiger partial charge < -0.3 is 4.57 Å². The fourth-order valence-corrected chi connectivity index (χ4v) is 5.37. The molecule has 0 unspecified atom stereocenters. The number of para-hydroxylation sites is 1. The maximum atomic E-state index is 13.1. The van der Waals surface area contributed by atoms with E-state index in [0.29, 0.717) is 10.0 Å². The van der Waals surface area contributed by atoms with E-state index in [1.165, 1.54) is 4.31 Å². The number of aryl methyl sites for hydroxylation is 1. The maximum absolute atomic E-state index is 13.1. The number of hydrogen-bond acceptors (Lipinski definition) is 4. The second-order valence-corrected chi connectivity index (χ2v) is 11.5. The van der Waals surface area contributed by atoms with Crippen molar-refractivity contribution in [3.05, 3.63) is 117 Å². The minimum Gasteiger partial charge on any atom is -0.318 e. The number of aromatic nitrogens is 1. The Balaban J connectivity index is 1.58. The van der Waals surface area contributed by atoms with Crippen LogP contribution < -0.4 is 9.73 Å². The summed E-state index contributed by atoms with van der Waals surface area (Å²) in [6, 6.07) is 23.1. The first-order valence-corrected chi connectivity index (χ1v) is 14.2. The smallest absolute Gasteiger partial charge is 0.273 e. The molecule has 10 heteroatoms. The van der Waals surface area contributed by atoms with Gasteiger partial charge in [0.1, 0.15) is 0 Å². The van der Waals surface area contributed by atoms with Crippen LogP contribution in [0.3, 0.4) is 0 Å². The normalized spacial score (nSPS) is 11.6. The second kappa shape index (κ2) is 11.4. The SMILES string of the molecule is Cc1cc(/C=N\NC(=O)c2ccccc2N(Cc2ccccc2)S(C)(=O)=O)c(C)n1-c1ccc(Cl)c(Cl)c1. The lowest BCUT2D eigenvalue weighted by molar-refractivity contribution is 0.0955. The number of hydrazone groups is 1. The van der Waals surface area contributed by atoms with Gasteiger partial charge in [-0.3, -0.25) is 9.10 Å². The van der Waals surface area contributed by atoms with Crippen LogP contribution in [0.1, 0.15) is 32.9 Å². The molecule has 0 atom stereocenters. The molecule has 0 saturated heterocycles. The second-order valence-electron chi connectivity index (χ2n) is 8.73. The van der Waals surface area contributed by atoms with Gasteiger partial charge in [0.15, 0.2) is 0 Å². The molecule has 0 bridgehead atoms. The molecule has 1 amide bonds. The number of amides is 1. The molecule has 1 heterocycles. The third kappa shape index (κ3) is 6.10. The van der Waals surface area contributed by atoms with Crippen molar-refractivity contribution in [1.82, 2.24) is 9.99 Å². The molecular weight excluding hydrogens is 543 g/mol. The molecule has 0 spiro atoms. The number of anilines is 1. The van der Waals surface area contributed by atoms with E-state index in [2.05, 4.69) is 10.5 Å². The predicted molar refractivity (Wildman–Crippen MR) is 154 cm³/mol. The van der Waals surface area contributed by atoms with Gasteiger partial charge in [-0.2, -0.15) is 5.10 Å². The van der Waals surface area contributed by atoms with Crippen LogP contribution in [0.4, 0.5) is 5.69 Å². The average molecular weight is 570 g/mol. The van der Waals surface area contributed by atoms with Gasteiger partial charge in [0.2, 0.25) is 10.0 Å². The van der Waals surface area contributed by atoms with E-state index in [1.807, 2.05) is 60.9 Å². The zero-order valence-corrected chi connectivity index (χ0v) is 23.3. The number of hydrogen-bond donors (Lipinski definition) is 1. The molecule has 1 N–H and O–H groups in total. The molecule has 0 saturated carbocycles. The van der Waals surface area contributed by atoms with Crippen molar-refractivity contribution < 1.29 is 13.2 Å². The highest BCUT2D eigenvalue weighted by Gasteiger charge is 2.23. The molecule has 0 radical (unpaired) electrons. The zero-order chi connectivity index (χ0) is 27.4. The van der Waals surface area contributed by atoms with Gasteiger partial charge in [-0.1, -0.05) is 65.7 Å². The zero-order valence-electron chi connectivity index (χ0n) is 21.0. The molecule has 0 aliphatic heterocycles. The van der Waals surface area contributed by atoms with Gasteiger partial charge >= 0.3 is 0 Å². The van der Waals surface area contributed by atoms with Gasteiger partial charge in [-0.05, 0) is 55.8 Å². The Bertz CT molecular complexity index is 1620. The molecule has 4 rings (SSSR count). The number of halogens is 2. The Morgan fingerprint density at radius 3 is 2.34 bits per heavy atom. The van der Waals surface area contributed by atoms with E-state index < -0.39 is 15.9 Å². The van der Waals surface area contributed by atoms with Crippen LogP contribution in [-0.2, 0) is 16.6 Å². The quantitative estimate of drug-likeness (QED) is 0.205. The maximum Gasteiger partial charge on any atom is 0.273 e. The summed E-state index contributed by atoms with van der Waals surface area (Å²) in [5, 5.41) is 5.08. The van der Waals surface area contributed by atoms with Crippen LogP contribution in [-0.4, -0.2) is 31.4 Å². The first-order chi connectivity index (χ1) is 18.1. The summed E-state index contributed by atoms with van der Waals surface area (Å²) in [6.07, 6.45) is 2.67. The standard InChI is InChI=1S/C28H26Cl2N4O3S/c1-19-15-22(20(2)34(19)23-13-14-25(29)26(30)16-23)17-31-32-28(35)24-11-7-8-12-27(24)33(38(3,36)37)18-21-9-5-4-6-10-21/h4-17H,18H2,1-3H3,(H,32,35)/b31-17-. The Hall–Kier alpha value is -3.59. The summed E-state index contributed by atoms with van der Waals surface area (Å²) in [7, 11) is -3.68. The third-order valence-corrected chi connectivity index (χ3v) is 7.85. The number of benzene rings is 3. The van der Waals surface area contributed by atoms with Gasteiger partial charge in [-0.15, -0.1) is 0 Å². The molecule has 38 heavy (non-hydrogen) atoms. The van der Waals surface area contributed by atoms with Crippen LogP contribution in [0, 0.1) is 13.8 Å². The van der Waals surface area contributed by atoms with Crippen LogP contribution in [0.2, 0.25) is 10.0 Å². The summed E-state index contributed by atoms with van der Waals surface area (Å²) in [6.45, 7) is 3.98. The van der Waals surface area contributed by atoms with Gasteiger partial charge in [-0.25, -0.2) is 13.8 Å². The summed E-state index contributed by atoms with van der Waals surface area (Å²) in [4.78, 5) is 13.1. The van der Waals surface area contributed by atoms with E-state index in [9.17, 15) is 13.2 Å². The number of nitrogens with zero attached hydrogens (tertiary/aromatic N) is 3. The minimum atomic E-state index is -3.68. The first kappa shape index (κ1) is 27.4. The van der Waals surface area contributed by atoms with E-state index in [0.717, 1.165) is 34.5 Å². The van der Waals surface area contributed by atoms with E-state index in [4.69, 9.17) is 23.2 Å². The van der Waals surface area contributed by atoms with Crippen LogP contribution >= 0.6 is 23.2 Å². The number of carbonyl (C=O) groups is 1. The van der Waals surface area contributed by atoms with Crippen molar-refractivity contribution in [2.24, 2.45) is 5.10 Å². The lowest BCUT2D eigenvalue weighted by Crippen LogP contribution is -2.32. The molecule has 1 aromatic heterocycles. The lowest BCUT2D eigenvalue weighted by Gasteiger charge is -2.24. The Kier molecular flexibility index (Phi) is 8.26. The average Bonchev–Trinajstić information content (AvgIpc) is 3.16. The lowest BCUT2D eigenvalue weighted by atomic mass is 10.1. The van der Waals surface area contributed by atoms with E-state index in [1.54, 1.807) is 42.6 Å². The highest BCUT2D eigenvalue weighted by molar-refractivity contribution is 7.92. The van der Waals surface area contributed by atoms with Crippen molar-refractivity contribution in [2.75, 3.05) is 10.6 Å². The van der Waals surface area contributed by atoms with Crippen molar-refractivity contribution in [1.29, 1.82) is 0 Å². The Morgan fingerprint density at radius 2 is 1.66 bits per heavy atom. The molecule has 196 valence electrons. The molecule has 4 aromatic rings. The van der Waals surface area contributed by atoms with E-state index in [-0.39, 0.29) is 17.8 Å². The summed E-state index contributed by atoms with van der Waals surface area (Å²) in [5.41, 5.74) is 7.27. The van der Waals surface area contributed by atoms with Crippen molar-refractivity contribution >= 4 is 51.0 Å². The fourth-order valence-electron chi connectivity index (χ4n) is 4.17. The van der Waals surface area contributed by atoms with Crippen LogP contribution in [0.25, 0.3) is 5.69 Å². The Morgan fingerprint density at radius 1 is 0.974 bits per heavy atom. The highest BCUT2D eigenvalue weighted by Crippen LogP contribution is 2.28. The Labute approximate surface area is 232 Å². The minimum absolute atomic E-state index is 0.0912. The summed E-state index contributed by atoms with van der Waals surface area (Å²) in [5.74, 6) is -0.531. The van der Waals surface area contributed by atoms with Gasteiger partial charge in [0.25, 0.3) is 5.91 Å². The summed E-state index contributed by atoms with van der Waals surface area (Å²) >= 11 is 12.3. The van der Waals surface area contributed by atoms with Gasteiger partial charge in [0, 0.05) is 22.6 Å². The number of rotatable bonds is 8. The molecule has 7 nitrogen and oxygen atoms in total. The fraction of sp³-hybridized carbons (Fsp3) is 0.143. The summed E-state index contributed by atoms with van der Waals surface area (Å²) < 4.78 is 28.6. The molecular formula is C28H26Cl2N4O3S. The van der Waals surface area contributed by atoms with Crippen molar-refractivity contribution in [2.45, 2.75) is 20.4 Å². The molecule has 0 aliphatic rings. The number of carbonyl (C=O) groups excluding carboxylic acids is 1.